The van der Waals surface area contributed by atoms with Crippen LogP contribution in [0, 0.1) is 6.92 Å². The zero-order chi connectivity index (χ0) is 16.6. The summed E-state index contributed by atoms with van der Waals surface area (Å²) in [6.07, 6.45) is 1.03. The summed E-state index contributed by atoms with van der Waals surface area (Å²) in [6.45, 7) is 10.3. The fraction of sp³-hybridized carbons (Fsp3) is 0.579. The van der Waals surface area contributed by atoms with Crippen LogP contribution in [0.4, 0.5) is 0 Å². The molecule has 0 saturated heterocycles. The summed E-state index contributed by atoms with van der Waals surface area (Å²) in [5.74, 6) is 0. The van der Waals surface area contributed by atoms with Crippen molar-refractivity contribution in [2.24, 2.45) is 7.05 Å². The van der Waals surface area contributed by atoms with Gasteiger partial charge in [0.05, 0.1) is 12.7 Å². The first-order chi connectivity index (χ1) is 11.0. The molecule has 1 aromatic heterocycles. The van der Waals surface area contributed by atoms with Crippen LogP contribution in [0.15, 0.2) is 12.1 Å². The van der Waals surface area contributed by atoms with E-state index in [1.807, 2.05) is 0 Å². The van der Waals surface area contributed by atoms with Crippen LogP contribution in [0.1, 0.15) is 36.2 Å². The number of rotatable bonds is 6. The van der Waals surface area contributed by atoms with Crippen LogP contribution >= 0.6 is 0 Å². The highest BCUT2D eigenvalue weighted by atomic mass is 16.5. The first-order valence-electron chi connectivity index (χ1n) is 8.55. The molecule has 0 amide bonds. The molecule has 0 fully saturated rings. The fourth-order valence-corrected chi connectivity index (χ4v) is 3.61. The van der Waals surface area contributed by atoms with Gasteiger partial charge in [0.1, 0.15) is 0 Å². The van der Waals surface area contributed by atoms with Crippen molar-refractivity contribution in [2.75, 3.05) is 19.8 Å². The van der Waals surface area contributed by atoms with Crippen LogP contribution in [0.2, 0.25) is 0 Å². The lowest BCUT2D eigenvalue weighted by atomic mass is 10.0. The van der Waals surface area contributed by atoms with Crippen LogP contribution in [0.25, 0.3) is 10.9 Å². The van der Waals surface area contributed by atoms with Gasteiger partial charge in [-0.25, -0.2) is 0 Å². The lowest BCUT2D eigenvalue weighted by molar-refractivity contribution is 0.0584. The molecule has 1 N–H and O–H groups in total. The average Bonchev–Trinajstić information content (AvgIpc) is 2.99. The van der Waals surface area contributed by atoms with E-state index in [9.17, 15) is 5.11 Å². The van der Waals surface area contributed by atoms with Gasteiger partial charge in [0.15, 0.2) is 0 Å². The number of hydrogen-bond donors (Lipinski definition) is 1. The highest BCUT2D eigenvalue weighted by Gasteiger charge is 2.22. The number of fused-ring (bicyclic) bond motifs is 2. The van der Waals surface area contributed by atoms with E-state index in [1.54, 1.807) is 0 Å². The fourth-order valence-electron chi connectivity index (χ4n) is 3.61. The number of hydrogen-bond acceptors (Lipinski definition) is 3. The zero-order valence-electron chi connectivity index (χ0n) is 14.7. The van der Waals surface area contributed by atoms with Crippen molar-refractivity contribution in [1.82, 2.24) is 9.47 Å². The predicted octanol–water partition coefficient (Wildman–Crippen LogP) is 2.76. The minimum Gasteiger partial charge on any atom is -0.396 e. The van der Waals surface area contributed by atoms with E-state index in [-0.39, 0.29) is 6.61 Å². The molecule has 2 aromatic rings. The molecule has 0 aliphatic carbocycles. The molecule has 2 heterocycles. The molecule has 1 aliphatic rings. The quantitative estimate of drug-likeness (QED) is 0.890. The molecular weight excluding hydrogens is 288 g/mol. The van der Waals surface area contributed by atoms with Crippen LogP contribution in [-0.4, -0.2) is 40.4 Å². The highest BCUT2D eigenvalue weighted by Crippen LogP contribution is 2.32. The SMILES string of the molecule is Cc1c(CCO)c2cc3c(cc2n1C)CN(CCOC(C)C)C3. The van der Waals surface area contributed by atoms with Gasteiger partial charge in [-0.2, -0.15) is 0 Å². The lowest BCUT2D eigenvalue weighted by Gasteiger charge is -2.15. The standard InChI is InChI=1S/C19H28N2O2/c1-13(2)23-8-6-21-11-15-9-18-17(5-7-22)14(3)20(4)19(18)10-16(15)12-21/h9-10,13,22H,5-8,11-12H2,1-4H3. The summed E-state index contributed by atoms with van der Waals surface area (Å²) in [5, 5.41) is 10.7. The molecule has 23 heavy (non-hydrogen) atoms. The second-order valence-electron chi connectivity index (χ2n) is 6.86. The molecule has 0 bridgehead atoms. The maximum absolute atomic E-state index is 9.36. The van der Waals surface area contributed by atoms with Crippen LogP contribution in [0.5, 0.6) is 0 Å². The normalized spacial score (nSPS) is 15.0. The van der Waals surface area contributed by atoms with E-state index in [0.717, 1.165) is 32.7 Å². The predicted molar refractivity (Wildman–Crippen MR) is 93.6 cm³/mol. The summed E-state index contributed by atoms with van der Waals surface area (Å²) in [6, 6.07) is 4.67. The second kappa shape index (κ2) is 6.63. The summed E-state index contributed by atoms with van der Waals surface area (Å²) in [7, 11) is 2.12. The monoisotopic (exact) mass is 316 g/mol. The van der Waals surface area contributed by atoms with Crippen molar-refractivity contribution < 1.29 is 9.84 Å². The van der Waals surface area contributed by atoms with Crippen LogP contribution in [0.3, 0.4) is 0 Å². The number of nitrogens with zero attached hydrogens (tertiary/aromatic N) is 2. The van der Waals surface area contributed by atoms with Crippen molar-refractivity contribution >= 4 is 10.9 Å². The first-order valence-corrected chi connectivity index (χ1v) is 8.55. The number of aromatic nitrogens is 1. The molecule has 4 nitrogen and oxygen atoms in total. The van der Waals surface area contributed by atoms with Gasteiger partial charge < -0.3 is 14.4 Å². The Hall–Kier alpha value is -1.36. The minimum atomic E-state index is 0.204. The van der Waals surface area contributed by atoms with E-state index < -0.39 is 0 Å². The summed E-state index contributed by atoms with van der Waals surface area (Å²) in [4.78, 5) is 2.45. The van der Waals surface area contributed by atoms with Crippen molar-refractivity contribution in [3.8, 4) is 0 Å². The number of aliphatic hydroxyl groups excluding tert-OH is 1. The van der Waals surface area contributed by atoms with Gasteiger partial charge in [-0.05, 0) is 56.0 Å². The van der Waals surface area contributed by atoms with Gasteiger partial charge in [-0.3, -0.25) is 4.90 Å². The molecular formula is C19H28N2O2. The molecule has 1 aliphatic heterocycles. The second-order valence-corrected chi connectivity index (χ2v) is 6.86. The Kier molecular flexibility index (Phi) is 4.76. The topological polar surface area (TPSA) is 37.6 Å². The molecule has 3 rings (SSSR count). The Labute approximate surface area is 138 Å². The van der Waals surface area contributed by atoms with Crippen molar-refractivity contribution in [3.05, 3.63) is 34.5 Å². The third-order valence-corrected chi connectivity index (χ3v) is 4.95. The van der Waals surface area contributed by atoms with E-state index in [2.05, 4.69) is 49.4 Å². The smallest absolute Gasteiger partial charge is 0.0597 e. The van der Waals surface area contributed by atoms with Crippen molar-refractivity contribution in [3.63, 3.8) is 0 Å². The van der Waals surface area contributed by atoms with Gasteiger partial charge in [-0.15, -0.1) is 0 Å². The van der Waals surface area contributed by atoms with Gasteiger partial charge in [-0.1, -0.05) is 0 Å². The Morgan fingerprint density at radius 2 is 1.91 bits per heavy atom. The van der Waals surface area contributed by atoms with Crippen molar-refractivity contribution in [2.45, 2.75) is 46.4 Å². The molecule has 0 atom stereocenters. The van der Waals surface area contributed by atoms with E-state index in [1.165, 1.54) is 33.3 Å². The van der Waals surface area contributed by atoms with E-state index in [0.29, 0.717) is 6.10 Å². The first kappa shape index (κ1) is 16.5. The largest absolute Gasteiger partial charge is 0.396 e. The summed E-state index contributed by atoms with van der Waals surface area (Å²) >= 11 is 0. The third kappa shape index (κ3) is 3.16. The molecule has 0 spiro atoms. The van der Waals surface area contributed by atoms with Gasteiger partial charge in [0.2, 0.25) is 0 Å². The number of benzene rings is 1. The van der Waals surface area contributed by atoms with E-state index >= 15 is 0 Å². The summed E-state index contributed by atoms with van der Waals surface area (Å²) in [5.41, 5.74) is 6.68. The Morgan fingerprint density at radius 1 is 1.22 bits per heavy atom. The number of aliphatic hydroxyl groups is 1. The molecule has 0 radical (unpaired) electrons. The van der Waals surface area contributed by atoms with Gasteiger partial charge >= 0.3 is 0 Å². The average molecular weight is 316 g/mol. The van der Waals surface area contributed by atoms with Gasteiger partial charge in [0, 0.05) is 49.9 Å². The lowest BCUT2D eigenvalue weighted by Crippen LogP contribution is -2.23. The molecule has 0 unspecified atom stereocenters. The Bertz CT molecular complexity index is 703. The molecule has 4 heteroatoms. The highest BCUT2D eigenvalue weighted by molar-refractivity contribution is 5.87. The Morgan fingerprint density at radius 3 is 2.57 bits per heavy atom. The Balaban J connectivity index is 1.84. The van der Waals surface area contributed by atoms with Crippen LogP contribution in [-0.2, 0) is 31.3 Å². The summed E-state index contributed by atoms with van der Waals surface area (Å²) < 4.78 is 7.93. The minimum absolute atomic E-state index is 0.204. The molecule has 126 valence electrons. The molecule has 1 aromatic carbocycles. The third-order valence-electron chi connectivity index (χ3n) is 4.95. The maximum atomic E-state index is 9.36. The number of aryl methyl sites for hydroxylation is 1. The van der Waals surface area contributed by atoms with Crippen molar-refractivity contribution in [1.29, 1.82) is 0 Å². The maximum Gasteiger partial charge on any atom is 0.0597 e. The molecule has 0 saturated carbocycles. The van der Waals surface area contributed by atoms with Crippen LogP contribution < -0.4 is 0 Å². The number of ether oxygens (including phenoxy) is 1. The van der Waals surface area contributed by atoms with E-state index in [4.69, 9.17) is 4.74 Å². The zero-order valence-corrected chi connectivity index (χ0v) is 14.7. The van der Waals surface area contributed by atoms with Gasteiger partial charge in [0.25, 0.3) is 0 Å².